The summed E-state index contributed by atoms with van der Waals surface area (Å²) < 4.78 is 0. The maximum Gasteiger partial charge on any atom is 0.120 e. The van der Waals surface area contributed by atoms with Crippen LogP contribution in [0.3, 0.4) is 0 Å². The largest absolute Gasteiger partial charge is 0.508 e. The zero-order valence-electron chi connectivity index (χ0n) is 12.9. The van der Waals surface area contributed by atoms with E-state index >= 15 is 0 Å². The van der Waals surface area contributed by atoms with Crippen molar-refractivity contribution >= 4 is 0 Å². The summed E-state index contributed by atoms with van der Waals surface area (Å²) in [5, 5.41) is 10.0. The van der Waals surface area contributed by atoms with Gasteiger partial charge in [0.05, 0.1) is 0 Å². The monoisotopic (exact) mass is 261 g/mol. The van der Waals surface area contributed by atoms with Crippen molar-refractivity contribution in [3.05, 3.63) is 29.3 Å². The SMILES string of the molecule is CC(C)(C)CC(C)(C)c1ccc(O)c(C2(N)CC2)c1. The van der Waals surface area contributed by atoms with E-state index in [4.69, 9.17) is 5.73 Å². The van der Waals surface area contributed by atoms with Gasteiger partial charge in [-0.1, -0.05) is 40.7 Å². The quantitative estimate of drug-likeness (QED) is 0.862. The van der Waals surface area contributed by atoms with Gasteiger partial charge in [0, 0.05) is 11.1 Å². The molecule has 2 heteroatoms. The molecule has 2 rings (SSSR count). The topological polar surface area (TPSA) is 46.2 Å². The zero-order valence-corrected chi connectivity index (χ0v) is 12.9. The first kappa shape index (κ1) is 14.4. The number of aromatic hydroxyl groups is 1. The molecule has 1 saturated carbocycles. The third kappa shape index (κ3) is 3.11. The Morgan fingerprint density at radius 1 is 1.16 bits per heavy atom. The highest BCUT2D eigenvalue weighted by atomic mass is 16.3. The number of phenolic OH excluding ortho intramolecular Hbond substituents is 1. The van der Waals surface area contributed by atoms with Crippen molar-refractivity contribution in [2.24, 2.45) is 11.1 Å². The second-order valence-electron chi connectivity index (χ2n) is 8.01. The van der Waals surface area contributed by atoms with Crippen molar-refractivity contribution in [3.8, 4) is 5.75 Å². The number of phenols is 1. The molecule has 0 atom stereocenters. The summed E-state index contributed by atoms with van der Waals surface area (Å²) in [4.78, 5) is 0. The Hall–Kier alpha value is -1.02. The summed E-state index contributed by atoms with van der Waals surface area (Å²) in [6.07, 6.45) is 3.05. The molecule has 1 aromatic rings. The Balaban J connectivity index is 2.35. The molecule has 1 aromatic carbocycles. The van der Waals surface area contributed by atoms with Gasteiger partial charge in [-0.05, 0) is 47.8 Å². The average Bonchev–Trinajstić information content (AvgIpc) is 2.94. The van der Waals surface area contributed by atoms with Crippen molar-refractivity contribution in [1.82, 2.24) is 0 Å². The lowest BCUT2D eigenvalue weighted by Gasteiger charge is -2.33. The van der Waals surface area contributed by atoms with Crippen LogP contribution in [0.25, 0.3) is 0 Å². The maximum atomic E-state index is 10.0. The lowest BCUT2D eigenvalue weighted by Crippen LogP contribution is -2.26. The Morgan fingerprint density at radius 2 is 1.74 bits per heavy atom. The summed E-state index contributed by atoms with van der Waals surface area (Å²) in [5.41, 5.74) is 8.53. The van der Waals surface area contributed by atoms with Gasteiger partial charge in [-0.3, -0.25) is 0 Å². The van der Waals surface area contributed by atoms with Crippen LogP contribution in [-0.2, 0) is 11.0 Å². The Kier molecular flexibility index (Phi) is 3.21. The minimum atomic E-state index is -0.280. The van der Waals surface area contributed by atoms with Gasteiger partial charge < -0.3 is 10.8 Å². The molecule has 1 aliphatic carbocycles. The van der Waals surface area contributed by atoms with E-state index in [1.54, 1.807) is 0 Å². The fraction of sp³-hybridized carbons (Fsp3) is 0.647. The molecule has 0 aromatic heterocycles. The Bertz CT molecular complexity index is 479. The van der Waals surface area contributed by atoms with Crippen molar-refractivity contribution in [2.45, 2.75) is 64.8 Å². The first-order chi connectivity index (χ1) is 8.54. The molecule has 0 heterocycles. The predicted octanol–water partition coefficient (Wildman–Crippen LogP) is 4.05. The second-order valence-corrected chi connectivity index (χ2v) is 8.01. The summed E-state index contributed by atoms with van der Waals surface area (Å²) in [6.45, 7) is 11.3. The van der Waals surface area contributed by atoms with Crippen LogP contribution < -0.4 is 5.73 Å². The zero-order chi connectivity index (χ0) is 14.5. The highest BCUT2D eigenvalue weighted by Gasteiger charge is 2.42. The van der Waals surface area contributed by atoms with Crippen LogP contribution >= 0.6 is 0 Å². The number of nitrogens with two attached hydrogens (primary N) is 1. The van der Waals surface area contributed by atoms with Crippen LogP contribution in [0.2, 0.25) is 0 Å². The fourth-order valence-corrected chi connectivity index (χ4v) is 3.19. The standard InChI is InChI=1S/C17H27NO/c1-15(2,3)11-16(4,5)12-6-7-14(19)13(10-12)17(18)8-9-17/h6-7,10,19H,8-9,11,18H2,1-5H3. The molecule has 0 spiro atoms. The molecule has 1 aliphatic rings. The van der Waals surface area contributed by atoms with E-state index in [-0.39, 0.29) is 16.4 Å². The molecule has 0 saturated heterocycles. The normalized spacial score (nSPS) is 18.4. The smallest absolute Gasteiger partial charge is 0.120 e. The van der Waals surface area contributed by atoms with Crippen molar-refractivity contribution < 1.29 is 5.11 Å². The van der Waals surface area contributed by atoms with Crippen molar-refractivity contribution in [3.63, 3.8) is 0 Å². The molecule has 0 radical (unpaired) electrons. The number of rotatable bonds is 3. The van der Waals surface area contributed by atoms with Crippen LogP contribution in [0.4, 0.5) is 0 Å². The van der Waals surface area contributed by atoms with E-state index in [0.29, 0.717) is 5.75 Å². The van der Waals surface area contributed by atoms with E-state index in [9.17, 15) is 5.11 Å². The van der Waals surface area contributed by atoms with Gasteiger partial charge in [-0.25, -0.2) is 0 Å². The minimum absolute atomic E-state index is 0.0892. The van der Waals surface area contributed by atoms with E-state index in [1.807, 2.05) is 12.1 Å². The van der Waals surface area contributed by atoms with E-state index in [0.717, 1.165) is 24.8 Å². The summed E-state index contributed by atoms with van der Waals surface area (Å²) in [7, 11) is 0. The van der Waals surface area contributed by atoms with E-state index < -0.39 is 0 Å². The number of hydrogen-bond donors (Lipinski definition) is 2. The molecule has 2 nitrogen and oxygen atoms in total. The van der Waals surface area contributed by atoms with Crippen LogP contribution in [0.15, 0.2) is 18.2 Å². The van der Waals surface area contributed by atoms with Crippen LogP contribution in [-0.4, -0.2) is 5.11 Å². The van der Waals surface area contributed by atoms with Crippen molar-refractivity contribution in [1.29, 1.82) is 0 Å². The maximum absolute atomic E-state index is 10.0. The lowest BCUT2D eigenvalue weighted by molar-refractivity contribution is 0.284. The predicted molar refractivity (Wildman–Crippen MR) is 80.3 cm³/mol. The fourth-order valence-electron chi connectivity index (χ4n) is 3.19. The molecule has 1 fully saturated rings. The Labute approximate surface area is 117 Å². The van der Waals surface area contributed by atoms with Crippen LogP contribution in [0, 0.1) is 5.41 Å². The van der Waals surface area contributed by atoms with Gasteiger partial charge in [0.25, 0.3) is 0 Å². The molecular weight excluding hydrogens is 234 g/mol. The van der Waals surface area contributed by atoms with Crippen LogP contribution in [0.1, 0.15) is 65.0 Å². The minimum Gasteiger partial charge on any atom is -0.508 e. The first-order valence-electron chi connectivity index (χ1n) is 7.16. The third-order valence-corrected chi connectivity index (χ3v) is 4.08. The average molecular weight is 261 g/mol. The molecule has 0 unspecified atom stereocenters. The van der Waals surface area contributed by atoms with Gasteiger partial charge in [-0.15, -0.1) is 0 Å². The van der Waals surface area contributed by atoms with Gasteiger partial charge >= 0.3 is 0 Å². The third-order valence-electron chi connectivity index (χ3n) is 4.08. The summed E-state index contributed by atoms with van der Waals surface area (Å²) in [5.74, 6) is 0.343. The van der Waals surface area contributed by atoms with Crippen molar-refractivity contribution in [2.75, 3.05) is 0 Å². The van der Waals surface area contributed by atoms with Gasteiger partial charge in [0.2, 0.25) is 0 Å². The summed E-state index contributed by atoms with van der Waals surface area (Å²) in [6, 6.07) is 5.96. The molecule has 0 amide bonds. The highest BCUT2D eigenvalue weighted by molar-refractivity contribution is 5.45. The first-order valence-corrected chi connectivity index (χ1v) is 7.16. The molecule has 0 aliphatic heterocycles. The molecule has 106 valence electrons. The summed E-state index contributed by atoms with van der Waals surface area (Å²) >= 11 is 0. The molecule has 0 bridgehead atoms. The molecule has 3 N–H and O–H groups in total. The second kappa shape index (κ2) is 4.24. The van der Waals surface area contributed by atoms with E-state index in [2.05, 4.69) is 40.7 Å². The van der Waals surface area contributed by atoms with Gasteiger partial charge in [-0.2, -0.15) is 0 Å². The molecular formula is C17H27NO. The Morgan fingerprint density at radius 3 is 2.21 bits per heavy atom. The van der Waals surface area contributed by atoms with Gasteiger partial charge in [0.1, 0.15) is 5.75 Å². The van der Waals surface area contributed by atoms with E-state index in [1.165, 1.54) is 5.56 Å². The lowest BCUT2D eigenvalue weighted by atomic mass is 9.72. The number of benzene rings is 1. The highest BCUT2D eigenvalue weighted by Crippen LogP contribution is 2.48. The number of hydrogen-bond acceptors (Lipinski definition) is 2. The van der Waals surface area contributed by atoms with Crippen LogP contribution in [0.5, 0.6) is 5.75 Å². The molecule has 19 heavy (non-hydrogen) atoms. The van der Waals surface area contributed by atoms with Gasteiger partial charge in [0.15, 0.2) is 0 Å².